The molecule has 0 saturated carbocycles. The van der Waals surface area contributed by atoms with Crippen LogP contribution in [0, 0.1) is 13.8 Å². The Labute approximate surface area is 258 Å². The Morgan fingerprint density at radius 2 is 1.70 bits per heavy atom. The summed E-state index contributed by atoms with van der Waals surface area (Å²) < 4.78 is 17.8. The van der Waals surface area contributed by atoms with Crippen LogP contribution in [0.1, 0.15) is 37.0 Å². The number of anilines is 2. The van der Waals surface area contributed by atoms with Crippen molar-refractivity contribution in [2.24, 2.45) is 0 Å². The maximum atomic E-state index is 13.6. The van der Waals surface area contributed by atoms with E-state index in [9.17, 15) is 19.2 Å². The van der Waals surface area contributed by atoms with Crippen molar-refractivity contribution in [1.82, 2.24) is 5.32 Å². The summed E-state index contributed by atoms with van der Waals surface area (Å²) in [5.41, 5.74) is 2.83. The largest absolute Gasteiger partial charge is 0.490 e. The number of carbonyl (C=O) groups excluding carboxylic acids is 4. The van der Waals surface area contributed by atoms with E-state index in [-0.39, 0.29) is 29.5 Å². The van der Waals surface area contributed by atoms with Gasteiger partial charge < -0.3 is 19.5 Å². The monoisotopic (exact) mass is 649 g/mol. The van der Waals surface area contributed by atoms with Gasteiger partial charge in [-0.05, 0) is 80.8 Å². The van der Waals surface area contributed by atoms with Gasteiger partial charge >= 0.3 is 6.03 Å². The second-order valence-corrected chi connectivity index (χ2v) is 10.6. The van der Waals surface area contributed by atoms with Crippen LogP contribution in [-0.4, -0.2) is 43.6 Å². The summed E-state index contributed by atoms with van der Waals surface area (Å²) in [5.74, 6) is -0.989. The molecule has 43 heavy (non-hydrogen) atoms. The number of nitrogens with one attached hydrogen (secondary N) is 2. The summed E-state index contributed by atoms with van der Waals surface area (Å²) in [6.45, 7) is 8.08. The predicted octanol–water partition coefficient (Wildman–Crippen LogP) is 5.94. The number of carbonyl (C=O) groups is 4. The quantitative estimate of drug-likeness (QED) is 0.195. The fraction of sp³-hybridized carbons (Fsp3) is 0.250. The molecule has 4 rings (SSSR count). The van der Waals surface area contributed by atoms with Crippen molar-refractivity contribution < 1.29 is 33.4 Å². The molecule has 0 aliphatic carbocycles. The van der Waals surface area contributed by atoms with E-state index in [0.717, 1.165) is 22.4 Å². The lowest BCUT2D eigenvalue weighted by Crippen LogP contribution is -2.54. The van der Waals surface area contributed by atoms with Crippen LogP contribution in [0.2, 0.25) is 0 Å². The van der Waals surface area contributed by atoms with Crippen molar-refractivity contribution in [2.45, 2.75) is 34.1 Å². The number of aryl methyl sites for hydroxylation is 2. The minimum atomic E-state index is -0.898. The van der Waals surface area contributed by atoms with Crippen molar-refractivity contribution in [3.63, 3.8) is 0 Å². The summed E-state index contributed by atoms with van der Waals surface area (Å²) in [6.07, 6.45) is 2.11. The molecular weight excluding hydrogens is 618 g/mol. The molecule has 0 bridgehead atoms. The average Bonchev–Trinajstić information content (AvgIpc) is 2.96. The van der Waals surface area contributed by atoms with Gasteiger partial charge in [-0.25, -0.2) is 9.69 Å². The van der Waals surface area contributed by atoms with Crippen LogP contribution in [0.15, 0.2) is 64.6 Å². The van der Waals surface area contributed by atoms with Crippen LogP contribution in [0.5, 0.6) is 17.2 Å². The normalized spacial score (nSPS) is 14.0. The zero-order valence-corrected chi connectivity index (χ0v) is 25.9. The Kier molecular flexibility index (Phi) is 10.2. The van der Waals surface area contributed by atoms with Crippen molar-refractivity contribution in [2.75, 3.05) is 30.0 Å². The molecule has 0 unspecified atom stereocenters. The first-order chi connectivity index (χ1) is 20.6. The lowest BCUT2D eigenvalue weighted by Gasteiger charge is -2.27. The summed E-state index contributed by atoms with van der Waals surface area (Å²) in [5, 5.41) is 5.06. The van der Waals surface area contributed by atoms with Gasteiger partial charge in [-0.1, -0.05) is 35.0 Å². The highest BCUT2D eigenvalue weighted by molar-refractivity contribution is 9.10. The van der Waals surface area contributed by atoms with Crippen molar-refractivity contribution in [3.8, 4) is 17.2 Å². The van der Waals surface area contributed by atoms with E-state index in [2.05, 4.69) is 26.6 Å². The third kappa shape index (κ3) is 7.61. The molecule has 1 aliphatic heterocycles. The van der Waals surface area contributed by atoms with Crippen LogP contribution in [0.25, 0.3) is 6.08 Å². The molecule has 224 valence electrons. The van der Waals surface area contributed by atoms with Crippen molar-refractivity contribution >= 4 is 57.1 Å². The van der Waals surface area contributed by atoms with Gasteiger partial charge in [0.1, 0.15) is 11.3 Å². The Hall–Kier alpha value is -4.64. The average molecular weight is 651 g/mol. The number of hydrogen-bond donors (Lipinski definition) is 2. The van der Waals surface area contributed by atoms with Gasteiger partial charge in [-0.3, -0.25) is 19.7 Å². The van der Waals surface area contributed by atoms with E-state index in [1.165, 1.54) is 12.1 Å². The number of imide groups is 2. The van der Waals surface area contributed by atoms with E-state index in [1.807, 2.05) is 39.0 Å². The third-order valence-corrected chi connectivity index (χ3v) is 6.84. The first-order valence-electron chi connectivity index (χ1n) is 13.7. The maximum Gasteiger partial charge on any atom is 0.335 e. The number of benzene rings is 3. The van der Waals surface area contributed by atoms with E-state index in [0.29, 0.717) is 40.4 Å². The fourth-order valence-electron chi connectivity index (χ4n) is 4.25. The number of amides is 5. The topological polar surface area (TPSA) is 123 Å². The molecule has 5 amide bonds. The molecule has 11 heteroatoms. The summed E-state index contributed by atoms with van der Waals surface area (Å²) in [4.78, 5) is 52.8. The predicted molar refractivity (Wildman–Crippen MR) is 167 cm³/mol. The van der Waals surface area contributed by atoms with Gasteiger partial charge in [0.15, 0.2) is 18.1 Å². The van der Waals surface area contributed by atoms with Crippen LogP contribution in [-0.2, 0) is 14.4 Å². The van der Waals surface area contributed by atoms with E-state index >= 15 is 0 Å². The molecule has 1 aliphatic rings. The van der Waals surface area contributed by atoms with E-state index < -0.39 is 17.8 Å². The van der Waals surface area contributed by atoms with Crippen LogP contribution < -0.4 is 29.7 Å². The maximum absolute atomic E-state index is 13.6. The van der Waals surface area contributed by atoms with Gasteiger partial charge in [0.05, 0.1) is 18.9 Å². The number of halogens is 1. The first-order valence-corrected chi connectivity index (χ1v) is 14.5. The van der Waals surface area contributed by atoms with Gasteiger partial charge in [0.25, 0.3) is 17.7 Å². The summed E-state index contributed by atoms with van der Waals surface area (Å²) in [7, 11) is 0. The number of urea groups is 1. The van der Waals surface area contributed by atoms with E-state index in [4.69, 9.17) is 14.2 Å². The second kappa shape index (κ2) is 14.0. The smallest absolute Gasteiger partial charge is 0.335 e. The fourth-order valence-corrected chi connectivity index (χ4v) is 4.63. The highest BCUT2D eigenvalue weighted by atomic mass is 79.9. The molecule has 3 aromatic carbocycles. The molecule has 2 N–H and O–H groups in total. The van der Waals surface area contributed by atoms with Crippen LogP contribution in [0.3, 0.4) is 0 Å². The molecule has 0 radical (unpaired) electrons. The molecule has 0 spiro atoms. The number of rotatable bonds is 11. The Bertz CT molecular complexity index is 1600. The Morgan fingerprint density at radius 3 is 2.44 bits per heavy atom. The number of hydrogen-bond acceptors (Lipinski definition) is 7. The van der Waals surface area contributed by atoms with Gasteiger partial charge in [-0.15, -0.1) is 0 Å². The van der Waals surface area contributed by atoms with Crippen molar-refractivity contribution in [1.29, 1.82) is 0 Å². The number of nitrogens with zero attached hydrogens (tertiary/aromatic N) is 1. The summed E-state index contributed by atoms with van der Waals surface area (Å²) in [6, 6.07) is 14.5. The zero-order valence-electron chi connectivity index (χ0n) is 24.3. The molecule has 1 fully saturated rings. The van der Waals surface area contributed by atoms with Crippen molar-refractivity contribution in [3.05, 3.63) is 81.3 Å². The second-order valence-electron chi connectivity index (χ2n) is 9.71. The lowest BCUT2D eigenvalue weighted by molar-refractivity contribution is -0.122. The van der Waals surface area contributed by atoms with Gasteiger partial charge in [0, 0.05) is 21.8 Å². The minimum absolute atomic E-state index is 0.196. The minimum Gasteiger partial charge on any atom is -0.490 e. The third-order valence-electron chi connectivity index (χ3n) is 6.35. The van der Waals surface area contributed by atoms with Crippen LogP contribution in [0.4, 0.5) is 16.2 Å². The Morgan fingerprint density at radius 1 is 0.930 bits per heavy atom. The molecule has 1 heterocycles. The molecule has 10 nitrogen and oxygen atoms in total. The Balaban J connectivity index is 1.60. The number of ether oxygens (including phenoxy) is 3. The molecule has 3 aromatic rings. The van der Waals surface area contributed by atoms with Gasteiger partial charge in [-0.2, -0.15) is 0 Å². The van der Waals surface area contributed by atoms with Gasteiger partial charge in [0.2, 0.25) is 0 Å². The first kappa shape index (κ1) is 31.3. The standard InChI is InChI=1S/C32H32BrN3O7/c1-5-13-42-27-12-10-23(17-28(27)41-6-2)36-31(39)24(30(38)35-32(36)40)16-21-15-22(33)9-11-26(21)43-18-29(37)34-25-14-19(3)7-8-20(25)4/h7-12,14-17H,5-6,13,18H2,1-4H3,(H,34,37)(H,35,38,40)/b24-16+. The van der Waals surface area contributed by atoms with Crippen LogP contribution >= 0.6 is 15.9 Å². The number of barbiturate groups is 1. The molecule has 0 aromatic heterocycles. The molecule has 0 atom stereocenters. The highest BCUT2D eigenvalue weighted by Crippen LogP contribution is 2.34. The zero-order chi connectivity index (χ0) is 31.1. The molecular formula is C32H32BrN3O7. The lowest BCUT2D eigenvalue weighted by atomic mass is 10.1. The SMILES string of the molecule is CCCOc1ccc(N2C(=O)NC(=O)/C(=C\c3cc(Br)ccc3OCC(=O)Nc3cc(C)ccc3C)C2=O)cc1OCC. The van der Waals surface area contributed by atoms with E-state index in [1.54, 1.807) is 37.3 Å². The summed E-state index contributed by atoms with van der Waals surface area (Å²) >= 11 is 3.40. The highest BCUT2D eigenvalue weighted by Gasteiger charge is 2.37. The molecule has 1 saturated heterocycles.